The molecule has 0 aromatic heterocycles. The van der Waals surface area contributed by atoms with Crippen molar-refractivity contribution in [2.24, 2.45) is 0 Å². The Labute approximate surface area is 81.3 Å². The summed E-state index contributed by atoms with van der Waals surface area (Å²) in [6, 6.07) is 1.38. The molecule has 0 amide bonds. The molecule has 0 spiro atoms. The van der Waals surface area contributed by atoms with Crippen LogP contribution in [0, 0.1) is 0 Å². The lowest BCUT2D eigenvalue weighted by atomic mass is 10.1. The van der Waals surface area contributed by atoms with Gasteiger partial charge in [-0.3, -0.25) is 9.80 Å². The van der Waals surface area contributed by atoms with Crippen LogP contribution in [0.1, 0.15) is 13.8 Å². The Morgan fingerprint density at radius 3 is 2.17 bits per heavy atom. The van der Waals surface area contributed by atoms with Crippen LogP contribution in [0.4, 0.5) is 0 Å². The highest BCUT2D eigenvalue weighted by Gasteiger charge is 2.25. The Morgan fingerprint density at radius 2 is 1.75 bits per heavy atom. The van der Waals surface area contributed by atoms with E-state index in [9.17, 15) is 0 Å². The van der Waals surface area contributed by atoms with Gasteiger partial charge in [-0.1, -0.05) is 0 Å². The van der Waals surface area contributed by atoms with E-state index in [1.807, 2.05) is 0 Å². The lowest BCUT2D eigenvalue weighted by Gasteiger charge is -2.42. The summed E-state index contributed by atoms with van der Waals surface area (Å²) < 4.78 is 0. The van der Waals surface area contributed by atoms with E-state index in [0.29, 0.717) is 12.1 Å². The third-order valence-corrected chi connectivity index (χ3v) is 3.05. The van der Waals surface area contributed by atoms with Crippen molar-refractivity contribution in [3.8, 4) is 0 Å². The van der Waals surface area contributed by atoms with Crippen molar-refractivity contribution < 1.29 is 0 Å². The molecule has 12 heavy (non-hydrogen) atoms. The van der Waals surface area contributed by atoms with Crippen molar-refractivity contribution in [3.05, 3.63) is 0 Å². The van der Waals surface area contributed by atoms with Gasteiger partial charge in [0.15, 0.2) is 0 Å². The molecule has 2 nitrogen and oxygen atoms in total. The average molecular weight is 188 g/mol. The molecule has 1 saturated heterocycles. The molecule has 1 aliphatic heterocycles. The molecule has 1 heterocycles. The summed E-state index contributed by atoms with van der Waals surface area (Å²) in [5.41, 5.74) is 0. The molecule has 1 fully saturated rings. The van der Waals surface area contributed by atoms with Gasteiger partial charge in [-0.2, -0.15) is 12.6 Å². The summed E-state index contributed by atoms with van der Waals surface area (Å²) in [7, 11) is 2.22. The van der Waals surface area contributed by atoms with Gasteiger partial charge in [-0.25, -0.2) is 0 Å². The van der Waals surface area contributed by atoms with Crippen LogP contribution in [0.3, 0.4) is 0 Å². The van der Waals surface area contributed by atoms with Crippen LogP contribution in [-0.4, -0.2) is 54.3 Å². The summed E-state index contributed by atoms with van der Waals surface area (Å²) >= 11 is 4.26. The monoisotopic (exact) mass is 188 g/mol. The van der Waals surface area contributed by atoms with E-state index in [0.717, 1.165) is 12.3 Å². The lowest BCUT2D eigenvalue weighted by molar-refractivity contribution is 0.0642. The molecule has 0 aromatic rings. The Hall–Kier alpha value is 0.270. The number of hydrogen-bond donors (Lipinski definition) is 1. The SMILES string of the molecule is CC1CN(CCS)CC(C)N1C. The zero-order chi connectivity index (χ0) is 9.14. The fourth-order valence-corrected chi connectivity index (χ4v) is 2.12. The predicted octanol–water partition coefficient (Wildman–Crippen LogP) is 0.941. The van der Waals surface area contributed by atoms with Crippen molar-refractivity contribution >= 4 is 12.6 Å². The van der Waals surface area contributed by atoms with Gasteiger partial charge in [-0.15, -0.1) is 0 Å². The molecule has 0 saturated carbocycles. The van der Waals surface area contributed by atoms with Crippen LogP contribution < -0.4 is 0 Å². The van der Waals surface area contributed by atoms with Gasteiger partial charge in [0.2, 0.25) is 0 Å². The van der Waals surface area contributed by atoms with E-state index >= 15 is 0 Å². The Bertz CT molecular complexity index is 128. The first-order valence-electron chi connectivity index (χ1n) is 4.70. The third kappa shape index (κ3) is 2.38. The number of thiol groups is 1. The normalized spacial score (nSPS) is 34.0. The number of hydrogen-bond acceptors (Lipinski definition) is 3. The molecule has 3 heteroatoms. The minimum Gasteiger partial charge on any atom is -0.299 e. The smallest absolute Gasteiger partial charge is 0.0195 e. The molecule has 0 aromatic carbocycles. The minimum atomic E-state index is 0.689. The molecule has 72 valence electrons. The van der Waals surface area contributed by atoms with Gasteiger partial charge >= 0.3 is 0 Å². The van der Waals surface area contributed by atoms with Crippen LogP contribution in [0.25, 0.3) is 0 Å². The fraction of sp³-hybridized carbons (Fsp3) is 1.00. The fourth-order valence-electron chi connectivity index (χ4n) is 1.84. The molecule has 0 radical (unpaired) electrons. The Morgan fingerprint density at radius 1 is 1.25 bits per heavy atom. The highest BCUT2D eigenvalue weighted by molar-refractivity contribution is 7.80. The maximum absolute atomic E-state index is 4.26. The highest BCUT2D eigenvalue weighted by atomic mass is 32.1. The first-order valence-corrected chi connectivity index (χ1v) is 5.33. The zero-order valence-corrected chi connectivity index (χ0v) is 9.22. The first kappa shape index (κ1) is 10.4. The number of nitrogens with zero attached hydrogens (tertiary/aromatic N) is 2. The number of rotatable bonds is 2. The van der Waals surface area contributed by atoms with E-state index in [1.165, 1.54) is 13.1 Å². The quantitative estimate of drug-likeness (QED) is 0.644. The van der Waals surface area contributed by atoms with Crippen LogP contribution in [-0.2, 0) is 0 Å². The van der Waals surface area contributed by atoms with Crippen molar-refractivity contribution in [1.82, 2.24) is 9.80 Å². The predicted molar refractivity (Wildman–Crippen MR) is 57.0 cm³/mol. The van der Waals surface area contributed by atoms with E-state index in [1.54, 1.807) is 0 Å². The van der Waals surface area contributed by atoms with Crippen molar-refractivity contribution in [1.29, 1.82) is 0 Å². The average Bonchev–Trinajstić information content (AvgIpc) is 2.01. The second-order valence-electron chi connectivity index (χ2n) is 3.85. The van der Waals surface area contributed by atoms with E-state index in [2.05, 4.69) is 43.3 Å². The number of likely N-dealkylation sites (N-methyl/N-ethyl adjacent to an activating group) is 1. The second-order valence-corrected chi connectivity index (χ2v) is 4.29. The van der Waals surface area contributed by atoms with Crippen molar-refractivity contribution in [2.45, 2.75) is 25.9 Å². The Kier molecular flexibility index (Phi) is 3.87. The lowest BCUT2D eigenvalue weighted by Crippen LogP contribution is -2.55. The molecular formula is C9H20N2S. The van der Waals surface area contributed by atoms with Gasteiger partial charge < -0.3 is 0 Å². The van der Waals surface area contributed by atoms with Crippen LogP contribution in [0.2, 0.25) is 0 Å². The first-order chi connectivity index (χ1) is 5.65. The summed E-state index contributed by atoms with van der Waals surface area (Å²) in [6.45, 7) is 8.11. The highest BCUT2D eigenvalue weighted by Crippen LogP contribution is 2.12. The van der Waals surface area contributed by atoms with Crippen molar-refractivity contribution in [3.63, 3.8) is 0 Å². The molecule has 0 bridgehead atoms. The van der Waals surface area contributed by atoms with Crippen LogP contribution in [0.15, 0.2) is 0 Å². The molecule has 2 unspecified atom stereocenters. The summed E-state index contributed by atoms with van der Waals surface area (Å²) in [5, 5.41) is 0. The molecule has 2 atom stereocenters. The molecule has 1 aliphatic rings. The Balaban J connectivity index is 2.42. The standard InChI is InChI=1S/C9H20N2S/c1-8-6-11(4-5-12)7-9(2)10(8)3/h8-9,12H,4-7H2,1-3H3. The van der Waals surface area contributed by atoms with Gasteiger partial charge in [0.1, 0.15) is 0 Å². The number of piperazine rings is 1. The zero-order valence-electron chi connectivity index (χ0n) is 8.32. The van der Waals surface area contributed by atoms with Gasteiger partial charge in [0, 0.05) is 37.5 Å². The van der Waals surface area contributed by atoms with E-state index in [-0.39, 0.29) is 0 Å². The molecule has 0 N–H and O–H groups in total. The molecule has 1 rings (SSSR count). The van der Waals surface area contributed by atoms with Crippen LogP contribution in [0.5, 0.6) is 0 Å². The second kappa shape index (κ2) is 4.49. The minimum absolute atomic E-state index is 0.689. The van der Waals surface area contributed by atoms with Gasteiger partial charge in [0.25, 0.3) is 0 Å². The van der Waals surface area contributed by atoms with Crippen LogP contribution >= 0.6 is 12.6 Å². The summed E-state index contributed by atoms with van der Waals surface area (Å²) in [4.78, 5) is 4.96. The van der Waals surface area contributed by atoms with Crippen molar-refractivity contribution in [2.75, 3.05) is 32.4 Å². The summed E-state index contributed by atoms with van der Waals surface area (Å²) in [5.74, 6) is 0.975. The topological polar surface area (TPSA) is 6.48 Å². The van der Waals surface area contributed by atoms with E-state index in [4.69, 9.17) is 0 Å². The maximum atomic E-state index is 4.26. The molecular weight excluding hydrogens is 168 g/mol. The van der Waals surface area contributed by atoms with Gasteiger partial charge in [-0.05, 0) is 20.9 Å². The molecule has 0 aliphatic carbocycles. The van der Waals surface area contributed by atoms with E-state index < -0.39 is 0 Å². The third-order valence-electron chi connectivity index (χ3n) is 2.85. The van der Waals surface area contributed by atoms with Gasteiger partial charge in [0.05, 0.1) is 0 Å². The summed E-state index contributed by atoms with van der Waals surface area (Å²) in [6.07, 6.45) is 0. The largest absolute Gasteiger partial charge is 0.299 e. The maximum Gasteiger partial charge on any atom is 0.0195 e.